The molecular formula is C68H81Cl2F2N11O4. The quantitative estimate of drug-likeness (QED) is 0.0720. The number of pyridine rings is 2. The molecule has 9 atom stereocenters. The Hall–Kier alpha value is -6.18. The topological polar surface area (TPSA) is 170 Å². The van der Waals surface area contributed by atoms with Crippen LogP contribution in [0.4, 0.5) is 20.4 Å². The van der Waals surface area contributed by atoms with Crippen LogP contribution in [-0.4, -0.2) is 140 Å². The van der Waals surface area contributed by atoms with Gasteiger partial charge in [-0.3, -0.25) is 14.9 Å². The summed E-state index contributed by atoms with van der Waals surface area (Å²) in [6.45, 7) is 14.1. The van der Waals surface area contributed by atoms with Gasteiger partial charge < -0.3 is 40.1 Å². The number of halogens is 4. The number of aliphatic hydroxyl groups excluding tert-OH is 2. The number of benzene rings is 4. The van der Waals surface area contributed by atoms with Gasteiger partial charge in [0, 0.05) is 114 Å². The van der Waals surface area contributed by atoms with Gasteiger partial charge in [0.25, 0.3) is 0 Å². The molecule has 460 valence electrons. The maximum atomic E-state index is 16.8. The molecule has 4 aromatic heterocycles. The molecule has 19 heteroatoms. The highest BCUT2D eigenvalue weighted by atomic mass is 35.5. The van der Waals surface area contributed by atoms with Crippen LogP contribution < -0.4 is 29.9 Å². The van der Waals surface area contributed by atoms with Crippen LogP contribution in [0.3, 0.4) is 0 Å². The molecule has 0 saturated carbocycles. The number of hydrogen-bond acceptors (Lipinski definition) is 15. The molecule has 87 heavy (non-hydrogen) atoms. The lowest BCUT2D eigenvalue weighted by Crippen LogP contribution is -2.51. The molecule has 14 rings (SSSR count). The monoisotopic (exact) mass is 1220 g/mol. The van der Waals surface area contributed by atoms with Crippen molar-refractivity contribution in [2.24, 2.45) is 11.3 Å². The van der Waals surface area contributed by atoms with Crippen molar-refractivity contribution in [1.82, 2.24) is 45.4 Å². The first-order chi connectivity index (χ1) is 42.3. The van der Waals surface area contributed by atoms with E-state index in [-0.39, 0.29) is 58.7 Å². The summed E-state index contributed by atoms with van der Waals surface area (Å²) in [6.07, 6.45) is 16.7. The molecule has 4 bridgehead atoms. The molecule has 6 aliphatic rings. The van der Waals surface area contributed by atoms with Gasteiger partial charge in [0.15, 0.2) is 11.6 Å². The standard InChI is InChI=1S/C37H47ClFN5O2.C24H21ClFN5O.C7H13NO/c1-5-8-17-37(22-45,23(4)6-2)18-27(7-3)46-36-42-34-29(35(43-36)44-20-25-15-16-26(21-44)41-25)19-40-33(32(34)39)28-13-9-11-24-12-10-14-30(38)31(24)28;1-32-24-29-22-17(23(30-24)31-11-14-8-9-15(12-31)28-14)10-27-21(20(22)26)16-6-2-4-13-5-3-7-18(25)19(13)16;9-7-4-6-2-1-3-8(6)5-7/h9-14,19,23,25-27,41,45H,5-8,15-18,20-22H2,1-4H3;2-7,10,14-15,28H,8-9,11-12H2,1H3;6-7,9H,1-5H2/t;;6?,7-/m..1/s1. The van der Waals surface area contributed by atoms with Crippen LogP contribution in [0.5, 0.6) is 12.0 Å². The third-order valence-corrected chi connectivity index (χ3v) is 20.2. The average molecular weight is 1230 g/mol. The SMILES string of the molecule is CCCCC(CO)(CC(CC)Oc1nc(N2CC3CCC(C2)N3)c2cnc(-c3cccc4cccc(Cl)c34)c(F)c2n1)C(C)CC.COc1nc(N2CC3CCC(C2)N3)c2cnc(-c3cccc4cccc(Cl)c34)c(F)c2n1.O[C@@H]1CC2CCCN2C1. The summed E-state index contributed by atoms with van der Waals surface area (Å²) in [6, 6.07) is 25.3. The Morgan fingerprint density at radius 3 is 1.66 bits per heavy atom. The van der Waals surface area contributed by atoms with E-state index in [4.69, 9.17) is 42.6 Å². The Kier molecular flexibility index (Phi) is 18.6. The van der Waals surface area contributed by atoms with Gasteiger partial charge in [-0.1, -0.05) is 131 Å². The summed E-state index contributed by atoms with van der Waals surface area (Å²) in [4.78, 5) is 34.7. The second-order valence-electron chi connectivity index (χ2n) is 25.1. The molecule has 4 aromatic carbocycles. The molecule has 0 spiro atoms. The number of aromatic nitrogens is 6. The van der Waals surface area contributed by atoms with E-state index in [1.165, 1.54) is 26.5 Å². The summed E-state index contributed by atoms with van der Waals surface area (Å²) in [5.41, 5.74) is 1.79. The van der Waals surface area contributed by atoms with Crippen molar-refractivity contribution in [1.29, 1.82) is 0 Å². The number of ether oxygens (including phenoxy) is 2. The van der Waals surface area contributed by atoms with Gasteiger partial charge in [0.1, 0.15) is 40.2 Å². The number of methoxy groups -OCH3 is 1. The van der Waals surface area contributed by atoms with Gasteiger partial charge in [-0.15, -0.1) is 0 Å². The van der Waals surface area contributed by atoms with Crippen LogP contribution in [0.25, 0.3) is 65.9 Å². The van der Waals surface area contributed by atoms with Gasteiger partial charge in [-0.05, 0) is 105 Å². The predicted octanol–water partition coefficient (Wildman–Crippen LogP) is 13.1. The van der Waals surface area contributed by atoms with Crippen molar-refractivity contribution in [3.8, 4) is 34.5 Å². The first-order valence-corrected chi connectivity index (χ1v) is 32.4. The van der Waals surface area contributed by atoms with Crippen LogP contribution in [0.15, 0.2) is 85.2 Å². The Labute approximate surface area is 518 Å². The highest BCUT2D eigenvalue weighted by Crippen LogP contribution is 2.44. The smallest absolute Gasteiger partial charge is 0.319 e. The van der Waals surface area contributed by atoms with E-state index in [9.17, 15) is 10.2 Å². The van der Waals surface area contributed by atoms with E-state index < -0.39 is 11.6 Å². The molecule has 6 fully saturated rings. The van der Waals surface area contributed by atoms with Crippen molar-refractivity contribution in [2.75, 3.05) is 62.8 Å². The number of rotatable bonds is 16. The lowest BCUT2D eigenvalue weighted by molar-refractivity contribution is 0.00533. The Bertz CT molecular complexity index is 3730. The third kappa shape index (κ3) is 12.5. The summed E-state index contributed by atoms with van der Waals surface area (Å²) in [5.74, 6) is 0.624. The summed E-state index contributed by atoms with van der Waals surface area (Å²) >= 11 is 13.1. The van der Waals surface area contributed by atoms with Crippen LogP contribution in [-0.2, 0) is 0 Å². The zero-order valence-electron chi connectivity index (χ0n) is 50.6. The predicted molar refractivity (Wildman–Crippen MR) is 344 cm³/mol. The number of nitrogens with one attached hydrogen (secondary N) is 2. The average Bonchev–Trinajstić information content (AvgIpc) is 1.78. The van der Waals surface area contributed by atoms with Crippen molar-refractivity contribution in [3.05, 3.63) is 107 Å². The summed E-state index contributed by atoms with van der Waals surface area (Å²) < 4.78 is 44.7. The number of aliphatic hydroxyl groups is 2. The van der Waals surface area contributed by atoms with Gasteiger partial charge >= 0.3 is 12.0 Å². The highest BCUT2D eigenvalue weighted by Gasteiger charge is 2.40. The van der Waals surface area contributed by atoms with Crippen LogP contribution >= 0.6 is 23.2 Å². The molecule has 6 saturated heterocycles. The number of fused-ring (bicyclic) bond motifs is 9. The Morgan fingerprint density at radius 1 is 0.678 bits per heavy atom. The van der Waals surface area contributed by atoms with Crippen molar-refractivity contribution in [2.45, 2.75) is 154 Å². The number of nitrogens with zero attached hydrogens (tertiary/aromatic N) is 9. The highest BCUT2D eigenvalue weighted by molar-refractivity contribution is 6.37. The van der Waals surface area contributed by atoms with E-state index in [0.29, 0.717) is 80.1 Å². The first-order valence-electron chi connectivity index (χ1n) is 31.6. The molecule has 8 aromatic rings. The number of hydrogen-bond donors (Lipinski definition) is 4. The fourth-order valence-electron chi connectivity index (χ4n) is 14.7. The maximum Gasteiger partial charge on any atom is 0.319 e. The maximum absolute atomic E-state index is 16.8. The molecule has 15 nitrogen and oxygen atoms in total. The molecule has 0 radical (unpaired) electrons. The molecular weight excluding hydrogens is 1140 g/mol. The minimum atomic E-state index is -0.517. The molecule has 6 aliphatic heterocycles. The molecule has 4 N–H and O–H groups in total. The fraction of sp³-hybridized carbons (Fsp3) is 0.500. The Morgan fingerprint density at radius 2 is 1.18 bits per heavy atom. The van der Waals surface area contributed by atoms with Crippen LogP contribution in [0.2, 0.25) is 10.0 Å². The summed E-state index contributed by atoms with van der Waals surface area (Å²) in [5, 5.41) is 32.8. The van der Waals surface area contributed by atoms with Crippen molar-refractivity contribution in [3.63, 3.8) is 0 Å². The van der Waals surface area contributed by atoms with E-state index in [0.717, 1.165) is 125 Å². The van der Waals surface area contributed by atoms with E-state index in [1.807, 2.05) is 66.7 Å². The van der Waals surface area contributed by atoms with Crippen LogP contribution in [0, 0.1) is 23.0 Å². The second kappa shape index (κ2) is 26.5. The van der Waals surface area contributed by atoms with Crippen molar-refractivity contribution < 1.29 is 28.5 Å². The second-order valence-corrected chi connectivity index (χ2v) is 25.9. The molecule has 0 aliphatic carbocycles. The van der Waals surface area contributed by atoms with E-state index in [1.54, 1.807) is 18.5 Å². The number of unbranched alkanes of at least 4 members (excludes halogenated alkanes) is 1. The Balaban J connectivity index is 0.000000154. The zero-order valence-corrected chi connectivity index (χ0v) is 52.1. The number of piperazine rings is 2. The van der Waals surface area contributed by atoms with Crippen molar-refractivity contribution >= 4 is 78.2 Å². The summed E-state index contributed by atoms with van der Waals surface area (Å²) in [7, 11) is 1.50. The molecule has 10 heterocycles. The first kappa shape index (κ1) is 61.1. The number of anilines is 2. The van der Waals surface area contributed by atoms with E-state index in [2.05, 4.69) is 73.0 Å². The lowest BCUT2D eigenvalue weighted by atomic mass is 9.68. The minimum absolute atomic E-state index is 0.0182. The normalized spacial score (nSPS) is 22.9. The molecule has 8 unspecified atom stereocenters. The van der Waals surface area contributed by atoms with Gasteiger partial charge in [0.05, 0.1) is 24.0 Å². The van der Waals surface area contributed by atoms with Gasteiger partial charge in [-0.25, -0.2) is 8.78 Å². The largest absolute Gasteiger partial charge is 0.467 e. The molecule has 0 amide bonds. The van der Waals surface area contributed by atoms with E-state index >= 15 is 8.78 Å². The van der Waals surface area contributed by atoms with Gasteiger partial charge in [-0.2, -0.15) is 19.9 Å². The zero-order chi connectivity index (χ0) is 60.5. The fourth-order valence-corrected chi connectivity index (χ4v) is 15.3. The minimum Gasteiger partial charge on any atom is -0.467 e. The lowest BCUT2D eigenvalue weighted by Gasteiger charge is -2.40. The van der Waals surface area contributed by atoms with Crippen LogP contribution in [0.1, 0.15) is 111 Å². The third-order valence-electron chi connectivity index (χ3n) is 19.6. The van der Waals surface area contributed by atoms with Gasteiger partial charge in [0.2, 0.25) is 0 Å².